The number of nitrogens with zero attached hydrogens (tertiary/aromatic N) is 2. The van der Waals surface area contributed by atoms with E-state index in [1.54, 1.807) is 37.7 Å². The molecule has 1 amide bonds. The van der Waals surface area contributed by atoms with Crippen LogP contribution in [-0.4, -0.2) is 60.5 Å². The van der Waals surface area contributed by atoms with E-state index in [4.69, 9.17) is 9.47 Å². The van der Waals surface area contributed by atoms with Crippen molar-refractivity contribution in [3.8, 4) is 0 Å². The molecule has 0 aliphatic rings. The minimum Gasteiger partial charge on any atom is -0.464 e. The van der Waals surface area contributed by atoms with E-state index in [9.17, 15) is 14.4 Å². The number of hydrogen-bond acceptors (Lipinski definition) is 5. The topological polar surface area (TPSA) is 77.8 Å². The second-order valence-electron chi connectivity index (χ2n) is 7.57. The summed E-state index contributed by atoms with van der Waals surface area (Å²) in [5.74, 6) is -0.943. The number of esters is 1. The summed E-state index contributed by atoms with van der Waals surface area (Å²) in [4.78, 5) is 40.7. The van der Waals surface area contributed by atoms with Crippen molar-refractivity contribution in [3.63, 3.8) is 0 Å². The van der Waals surface area contributed by atoms with Crippen LogP contribution < -0.4 is 0 Å². The highest BCUT2D eigenvalue weighted by molar-refractivity contribution is 6.07. The van der Waals surface area contributed by atoms with Gasteiger partial charge in [0.15, 0.2) is 5.78 Å². The zero-order valence-corrected chi connectivity index (χ0v) is 19.4. The molecular formula is C24H32N2O5. The second kappa shape index (κ2) is 10.4. The molecule has 0 aliphatic carbocycles. The quantitative estimate of drug-likeness (QED) is 0.451. The number of Topliss-reactive ketones (excluding diaryl/α,β-unsaturated/α-hetero) is 1. The van der Waals surface area contributed by atoms with Crippen LogP contribution in [0.3, 0.4) is 0 Å². The summed E-state index contributed by atoms with van der Waals surface area (Å²) in [7, 11) is 2.88. The highest BCUT2D eigenvalue weighted by Crippen LogP contribution is 2.26. The molecule has 1 heterocycles. The van der Waals surface area contributed by atoms with Gasteiger partial charge >= 0.3 is 5.97 Å². The van der Waals surface area contributed by atoms with Gasteiger partial charge in [-0.25, -0.2) is 4.79 Å². The molecule has 0 radical (unpaired) electrons. The lowest BCUT2D eigenvalue weighted by atomic mass is 9.99. The number of rotatable bonds is 9. The van der Waals surface area contributed by atoms with E-state index >= 15 is 0 Å². The fourth-order valence-corrected chi connectivity index (χ4v) is 3.89. The average Bonchev–Trinajstić information content (AvgIpc) is 3.02. The van der Waals surface area contributed by atoms with E-state index in [-0.39, 0.29) is 18.2 Å². The molecule has 0 aliphatic heterocycles. The van der Waals surface area contributed by atoms with Gasteiger partial charge in [0.05, 0.1) is 19.8 Å². The molecule has 31 heavy (non-hydrogen) atoms. The van der Waals surface area contributed by atoms with Gasteiger partial charge in [-0.05, 0) is 52.3 Å². The van der Waals surface area contributed by atoms with Crippen molar-refractivity contribution in [2.24, 2.45) is 0 Å². The van der Waals surface area contributed by atoms with Crippen LogP contribution in [0, 0.1) is 20.8 Å². The van der Waals surface area contributed by atoms with Crippen LogP contribution in [0.5, 0.6) is 0 Å². The van der Waals surface area contributed by atoms with E-state index < -0.39 is 12.0 Å². The molecule has 7 heteroatoms. The number of aryl methyl sites for hydroxylation is 1. The van der Waals surface area contributed by atoms with Crippen LogP contribution in [-0.2, 0) is 16.0 Å². The van der Waals surface area contributed by atoms with E-state index in [1.165, 1.54) is 12.0 Å². The summed E-state index contributed by atoms with van der Waals surface area (Å²) in [5, 5.41) is 0. The van der Waals surface area contributed by atoms with Gasteiger partial charge < -0.3 is 18.9 Å². The van der Waals surface area contributed by atoms with E-state index in [0.29, 0.717) is 41.2 Å². The lowest BCUT2D eigenvalue weighted by Crippen LogP contribution is -2.45. The van der Waals surface area contributed by atoms with Gasteiger partial charge in [0.25, 0.3) is 5.91 Å². The van der Waals surface area contributed by atoms with Crippen molar-refractivity contribution in [1.82, 2.24) is 9.47 Å². The Labute approximate surface area is 183 Å². The first-order valence-corrected chi connectivity index (χ1v) is 10.4. The standard InChI is InChI=1S/C24H32N2O5/c1-8-25-17(4)20(16(3)21(25)24(29)31-7)22(27)18(5)26(13-14-30-6)23(28)19-11-9-15(2)10-12-19/h9-12,18H,8,13-14H2,1-7H3/t18-/m1/s1. The van der Waals surface area contributed by atoms with Crippen molar-refractivity contribution in [3.05, 3.63) is 57.9 Å². The Morgan fingerprint density at radius 3 is 2.19 bits per heavy atom. The van der Waals surface area contributed by atoms with Crippen LogP contribution in [0.4, 0.5) is 0 Å². The zero-order valence-electron chi connectivity index (χ0n) is 19.4. The zero-order chi connectivity index (χ0) is 23.3. The molecule has 7 nitrogen and oxygen atoms in total. The van der Waals surface area contributed by atoms with E-state index in [0.717, 1.165) is 5.56 Å². The van der Waals surface area contributed by atoms with Gasteiger partial charge in [0.2, 0.25) is 0 Å². The molecule has 0 bridgehead atoms. The predicted molar refractivity (Wildman–Crippen MR) is 119 cm³/mol. The fourth-order valence-electron chi connectivity index (χ4n) is 3.89. The molecular weight excluding hydrogens is 396 g/mol. The average molecular weight is 429 g/mol. The Morgan fingerprint density at radius 2 is 1.68 bits per heavy atom. The maximum absolute atomic E-state index is 13.6. The summed E-state index contributed by atoms with van der Waals surface area (Å²) in [6.45, 7) is 10.2. The minimum absolute atomic E-state index is 0.219. The molecule has 1 aromatic heterocycles. The molecule has 0 N–H and O–H groups in total. The Balaban J connectivity index is 2.48. The number of ether oxygens (including phenoxy) is 2. The Bertz CT molecular complexity index is 959. The highest BCUT2D eigenvalue weighted by Gasteiger charge is 2.33. The van der Waals surface area contributed by atoms with Crippen molar-refractivity contribution in [2.75, 3.05) is 27.4 Å². The van der Waals surface area contributed by atoms with Crippen molar-refractivity contribution in [1.29, 1.82) is 0 Å². The third-order valence-corrected chi connectivity index (χ3v) is 5.65. The fraction of sp³-hybridized carbons (Fsp3) is 0.458. The highest BCUT2D eigenvalue weighted by atomic mass is 16.5. The van der Waals surface area contributed by atoms with E-state index in [1.807, 2.05) is 32.9 Å². The molecule has 1 atom stereocenters. The van der Waals surface area contributed by atoms with Gasteiger partial charge in [-0.1, -0.05) is 17.7 Å². The molecule has 168 valence electrons. The molecule has 2 rings (SSSR count). The largest absolute Gasteiger partial charge is 0.464 e. The van der Waals surface area contributed by atoms with Crippen molar-refractivity contribution >= 4 is 17.7 Å². The third kappa shape index (κ3) is 4.88. The maximum atomic E-state index is 13.6. The third-order valence-electron chi connectivity index (χ3n) is 5.65. The molecule has 0 saturated heterocycles. The normalized spacial score (nSPS) is 11.8. The summed E-state index contributed by atoms with van der Waals surface area (Å²) in [6.07, 6.45) is 0. The number of carbonyl (C=O) groups is 3. The molecule has 0 saturated carbocycles. The minimum atomic E-state index is -0.737. The monoisotopic (exact) mass is 428 g/mol. The van der Waals surface area contributed by atoms with Gasteiger partial charge in [-0.15, -0.1) is 0 Å². The molecule has 0 spiro atoms. The Kier molecular flexibility index (Phi) is 8.16. The smallest absolute Gasteiger partial charge is 0.354 e. The molecule has 2 aromatic rings. The number of hydrogen-bond donors (Lipinski definition) is 0. The first-order chi connectivity index (χ1) is 14.7. The van der Waals surface area contributed by atoms with Gasteiger partial charge in [0.1, 0.15) is 5.69 Å². The first kappa shape index (κ1) is 24.3. The molecule has 0 fully saturated rings. The number of carbonyl (C=O) groups excluding carboxylic acids is 3. The second-order valence-corrected chi connectivity index (χ2v) is 7.57. The molecule has 1 aromatic carbocycles. The van der Waals surface area contributed by atoms with Crippen LogP contribution in [0.25, 0.3) is 0 Å². The van der Waals surface area contributed by atoms with Crippen LogP contribution in [0.2, 0.25) is 0 Å². The van der Waals surface area contributed by atoms with Crippen LogP contribution in [0.15, 0.2) is 24.3 Å². The van der Waals surface area contributed by atoms with Gasteiger partial charge in [-0.3, -0.25) is 9.59 Å². The van der Waals surface area contributed by atoms with E-state index in [2.05, 4.69) is 0 Å². The van der Waals surface area contributed by atoms with Gasteiger partial charge in [-0.2, -0.15) is 0 Å². The Morgan fingerprint density at radius 1 is 1.06 bits per heavy atom. The lowest BCUT2D eigenvalue weighted by Gasteiger charge is -2.28. The maximum Gasteiger partial charge on any atom is 0.354 e. The Hall–Kier alpha value is -2.93. The van der Waals surface area contributed by atoms with Gasteiger partial charge in [0, 0.05) is 37.0 Å². The number of methoxy groups -OCH3 is 2. The number of aromatic nitrogens is 1. The number of benzene rings is 1. The lowest BCUT2D eigenvalue weighted by molar-refractivity contribution is 0.0563. The number of ketones is 1. The van der Waals surface area contributed by atoms with Crippen molar-refractivity contribution < 1.29 is 23.9 Å². The molecule has 0 unspecified atom stereocenters. The number of amides is 1. The summed E-state index contributed by atoms with van der Waals surface area (Å²) in [6, 6.07) is 6.51. The van der Waals surface area contributed by atoms with Crippen LogP contribution in [0.1, 0.15) is 61.9 Å². The SMILES string of the molecule is CCn1c(C)c(C(=O)[C@@H](C)N(CCOC)C(=O)c2ccc(C)cc2)c(C)c1C(=O)OC. The first-order valence-electron chi connectivity index (χ1n) is 10.4. The van der Waals surface area contributed by atoms with Crippen LogP contribution >= 0.6 is 0 Å². The summed E-state index contributed by atoms with van der Waals surface area (Å²) in [5.41, 5.74) is 3.63. The predicted octanol–water partition coefficient (Wildman–Crippen LogP) is 3.58. The summed E-state index contributed by atoms with van der Waals surface area (Å²) < 4.78 is 11.9. The summed E-state index contributed by atoms with van der Waals surface area (Å²) >= 11 is 0. The van der Waals surface area contributed by atoms with Crippen molar-refractivity contribution in [2.45, 2.75) is 47.2 Å².